The third-order valence-electron chi connectivity index (χ3n) is 7.91. The molecule has 3 unspecified atom stereocenters. The van der Waals surface area contributed by atoms with E-state index in [4.69, 9.17) is 0 Å². The smallest absolute Gasteiger partial charge is 0.412 e. The number of carbonyl (C=O) groups excluding carboxylic acids is 1. The molecule has 2 heterocycles. The van der Waals surface area contributed by atoms with Crippen LogP contribution < -0.4 is 10.2 Å². The Balaban J connectivity index is 1.31. The first-order chi connectivity index (χ1) is 15.5. The molecule has 168 valence electrons. The summed E-state index contributed by atoms with van der Waals surface area (Å²) in [5, 5.41) is 18.1. The van der Waals surface area contributed by atoms with Crippen LogP contribution in [0, 0.1) is 17.8 Å². The summed E-state index contributed by atoms with van der Waals surface area (Å²) in [4.78, 5) is 27.4. The van der Waals surface area contributed by atoms with Crippen molar-refractivity contribution >= 4 is 23.3 Å². The summed E-state index contributed by atoms with van der Waals surface area (Å²) in [5.41, 5.74) is 3.20. The maximum Gasteiger partial charge on any atom is 0.412 e. The van der Waals surface area contributed by atoms with Gasteiger partial charge in [0.25, 0.3) is 0 Å². The number of amides is 1. The lowest BCUT2D eigenvalue weighted by Crippen LogP contribution is -2.57. The van der Waals surface area contributed by atoms with Gasteiger partial charge in [-0.1, -0.05) is 6.07 Å². The van der Waals surface area contributed by atoms with Crippen LogP contribution in [0.3, 0.4) is 0 Å². The molecular formula is C25H30N4O3. The lowest BCUT2D eigenvalue weighted by Gasteiger charge is -2.40. The summed E-state index contributed by atoms with van der Waals surface area (Å²) in [5.74, 6) is 1.49. The van der Waals surface area contributed by atoms with Gasteiger partial charge in [-0.2, -0.15) is 5.10 Å². The Bertz CT molecular complexity index is 1070. The molecule has 6 rings (SSSR count). The average molecular weight is 435 g/mol. The number of benzene rings is 1. The van der Waals surface area contributed by atoms with Gasteiger partial charge in [-0.05, 0) is 81.4 Å². The summed E-state index contributed by atoms with van der Waals surface area (Å²) < 4.78 is 1.99. The molecule has 0 radical (unpaired) electrons. The zero-order chi connectivity index (χ0) is 22.0. The molecule has 32 heavy (non-hydrogen) atoms. The normalized spacial score (nSPS) is 29.5. The summed E-state index contributed by atoms with van der Waals surface area (Å²) in [6.07, 6.45) is 10.6. The Labute approximate surface area is 187 Å². The first-order valence-corrected chi connectivity index (χ1v) is 12.0. The number of Topliss-reactive ketones (excluding diaryl/α,β-unsaturated/α-hetero) is 1. The Morgan fingerprint density at radius 3 is 2.56 bits per heavy atom. The number of anilines is 2. The minimum atomic E-state index is -1.07. The van der Waals surface area contributed by atoms with Gasteiger partial charge in [-0.25, -0.2) is 4.79 Å². The van der Waals surface area contributed by atoms with Crippen molar-refractivity contribution in [1.29, 1.82) is 0 Å². The van der Waals surface area contributed by atoms with Crippen LogP contribution in [0.1, 0.15) is 57.9 Å². The number of carbonyl (C=O) groups is 2. The fraction of sp³-hybridized carbons (Fsp3) is 0.560. The number of rotatable bonds is 5. The number of hydrogen-bond acceptors (Lipinski definition) is 4. The summed E-state index contributed by atoms with van der Waals surface area (Å²) >= 11 is 0. The third kappa shape index (κ3) is 3.38. The molecule has 1 amide bonds. The van der Waals surface area contributed by atoms with Crippen LogP contribution >= 0.6 is 0 Å². The minimum Gasteiger partial charge on any atom is -0.465 e. The maximum atomic E-state index is 13.6. The molecular weight excluding hydrogens is 404 g/mol. The molecule has 7 heteroatoms. The lowest BCUT2D eigenvalue weighted by molar-refractivity contribution is -0.124. The zero-order valence-corrected chi connectivity index (χ0v) is 18.4. The van der Waals surface area contributed by atoms with Gasteiger partial charge in [-0.3, -0.25) is 14.4 Å². The molecule has 2 N–H and O–H groups in total. The average Bonchev–Trinajstić information content (AvgIpc) is 3.71. The second kappa shape index (κ2) is 7.36. The number of nitrogens with one attached hydrogen (secondary N) is 1. The Kier molecular flexibility index (Phi) is 4.56. The van der Waals surface area contributed by atoms with Crippen LogP contribution in [0.2, 0.25) is 0 Å². The molecule has 1 aromatic carbocycles. The van der Waals surface area contributed by atoms with Gasteiger partial charge in [0.05, 0.1) is 29.7 Å². The van der Waals surface area contributed by atoms with Crippen LogP contribution in [0.15, 0.2) is 30.6 Å². The van der Waals surface area contributed by atoms with Gasteiger partial charge in [0.15, 0.2) is 5.78 Å². The SMILES string of the molecule is C[C@@H]1Nc2ccc(-c3cnn(C4CC4)c3)cc2N(C(=O)O)C1C(=O)C1CCC(C2CC2)C1. The number of ketones is 1. The van der Waals surface area contributed by atoms with Crippen LogP contribution in [0.4, 0.5) is 16.2 Å². The zero-order valence-electron chi connectivity index (χ0n) is 18.4. The van der Waals surface area contributed by atoms with E-state index >= 15 is 0 Å². The van der Waals surface area contributed by atoms with Crippen molar-refractivity contribution in [2.45, 2.75) is 70.0 Å². The van der Waals surface area contributed by atoms with Gasteiger partial charge < -0.3 is 10.4 Å². The number of nitrogens with zero attached hydrogens (tertiary/aromatic N) is 3. The molecule has 4 aliphatic rings. The summed E-state index contributed by atoms with van der Waals surface area (Å²) in [6, 6.07) is 5.32. The number of carboxylic acid groups (broad SMARTS) is 1. The van der Waals surface area contributed by atoms with Crippen molar-refractivity contribution < 1.29 is 14.7 Å². The summed E-state index contributed by atoms with van der Waals surface area (Å²) in [6.45, 7) is 1.92. The second-order valence-electron chi connectivity index (χ2n) is 10.2. The molecule has 2 aromatic rings. The predicted molar refractivity (Wildman–Crippen MR) is 122 cm³/mol. The van der Waals surface area contributed by atoms with Crippen molar-refractivity contribution in [3.8, 4) is 11.1 Å². The fourth-order valence-corrected chi connectivity index (χ4v) is 5.86. The van der Waals surface area contributed by atoms with Crippen LogP contribution in [-0.4, -0.2) is 38.8 Å². The quantitative estimate of drug-likeness (QED) is 0.695. The molecule has 0 spiro atoms. The van der Waals surface area contributed by atoms with E-state index in [-0.39, 0.29) is 17.7 Å². The van der Waals surface area contributed by atoms with Crippen molar-refractivity contribution in [2.75, 3.05) is 10.2 Å². The molecule has 7 nitrogen and oxygen atoms in total. The van der Waals surface area contributed by atoms with Gasteiger partial charge >= 0.3 is 6.09 Å². The molecule has 1 aliphatic heterocycles. The Hall–Kier alpha value is -2.83. The maximum absolute atomic E-state index is 13.6. The van der Waals surface area contributed by atoms with E-state index in [1.165, 1.54) is 17.7 Å². The largest absolute Gasteiger partial charge is 0.465 e. The number of aromatic nitrogens is 2. The second-order valence-corrected chi connectivity index (χ2v) is 10.2. The van der Waals surface area contributed by atoms with E-state index in [1.54, 1.807) is 0 Å². The van der Waals surface area contributed by atoms with Crippen LogP contribution in [-0.2, 0) is 4.79 Å². The third-order valence-corrected chi connectivity index (χ3v) is 7.91. The van der Waals surface area contributed by atoms with E-state index in [9.17, 15) is 14.7 Å². The highest BCUT2D eigenvalue weighted by atomic mass is 16.4. The first kappa shape index (κ1) is 19.8. The highest BCUT2D eigenvalue weighted by molar-refractivity contribution is 6.03. The molecule has 0 bridgehead atoms. The molecule has 0 saturated heterocycles. The van der Waals surface area contributed by atoms with E-state index in [1.807, 2.05) is 42.2 Å². The van der Waals surface area contributed by atoms with Gasteiger partial charge in [-0.15, -0.1) is 0 Å². The predicted octanol–water partition coefficient (Wildman–Crippen LogP) is 4.95. The molecule has 4 atom stereocenters. The van der Waals surface area contributed by atoms with Crippen molar-refractivity contribution in [3.05, 3.63) is 30.6 Å². The highest BCUT2D eigenvalue weighted by Gasteiger charge is 2.46. The van der Waals surface area contributed by atoms with E-state index in [2.05, 4.69) is 10.4 Å². The van der Waals surface area contributed by atoms with E-state index in [0.29, 0.717) is 17.6 Å². The number of fused-ring (bicyclic) bond motifs is 1. The fourth-order valence-electron chi connectivity index (χ4n) is 5.86. The van der Waals surface area contributed by atoms with Crippen molar-refractivity contribution in [1.82, 2.24) is 9.78 Å². The van der Waals surface area contributed by atoms with E-state index in [0.717, 1.165) is 54.8 Å². The first-order valence-electron chi connectivity index (χ1n) is 12.0. The molecule has 3 fully saturated rings. The van der Waals surface area contributed by atoms with Crippen molar-refractivity contribution in [3.63, 3.8) is 0 Å². The molecule has 3 aliphatic carbocycles. The van der Waals surface area contributed by atoms with E-state index < -0.39 is 12.1 Å². The number of hydrogen-bond donors (Lipinski definition) is 2. The Morgan fingerprint density at radius 1 is 1.06 bits per heavy atom. The van der Waals surface area contributed by atoms with Crippen LogP contribution in [0.25, 0.3) is 11.1 Å². The highest BCUT2D eigenvalue weighted by Crippen LogP contribution is 2.48. The molecule has 1 aromatic heterocycles. The Morgan fingerprint density at radius 2 is 1.84 bits per heavy atom. The monoisotopic (exact) mass is 434 g/mol. The standard InChI is InChI=1S/C25H30N4O3/c1-14-23(24(30)18-5-4-16(10-18)15-2-3-15)29(25(31)32)22-11-17(6-9-21(22)27-14)19-12-26-28(13-19)20-7-8-20/h6,9,11-16,18,20,23,27H,2-5,7-8,10H2,1H3,(H,31,32)/t14-,16?,18?,23?/m0/s1. The minimum absolute atomic E-state index is 0.0294. The topological polar surface area (TPSA) is 87.5 Å². The van der Waals surface area contributed by atoms with Gasteiger partial charge in [0.1, 0.15) is 6.04 Å². The van der Waals surface area contributed by atoms with Gasteiger partial charge in [0.2, 0.25) is 0 Å². The summed E-state index contributed by atoms with van der Waals surface area (Å²) in [7, 11) is 0. The molecule has 3 saturated carbocycles. The van der Waals surface area contributed by atoms with Crippen molar-refractivity contribution in [2.24, 2.45) is 17.8 Å². The lowest BCUT2D eigenvalue weighted by atomic mass is 9.88. The van der Waals surface area contributed by atoms with Crippen LogP contribution in [0.5, 0.6) is 0 Å². The van der Waals surface area contributed by atoms with Gasteiger partial charge in [0, 0.05) is 17.7 Å².